The standard InChI is InChI=1S/C15H23F3N2O/c1-4-7-19-9-12-5-6-13(20(3)10-11(2)21)8-14(12)15(16,17)18/h5-6,8,11,19,21H,4,7,9-10H2,1-3H3. The van der Waals surface area contributed by atoms with Gasteiger partial charge in [0, 0.05) is 25.8 Å². The lowest BCUT2D eigenvalue weighted by molar-refractivity contribution is -0.138. The highest BCUT2D eigenvalue weighted by Crippen LogP contribution is 2.34. The van der Waals surface area contributed by atoms with Crippen LogP contribution in [0.4, 0.5) is 18.9 Å². The van der Waals surface area contributed by atoms with Crippen LogP contribution < -0.4 is 10.2 Å². The molecule has 1 unspecified atom stereocenters. The van der Waals surface area contributed by atoms with Gasteiger partial charge >= 0.3 is 6.18 Å². The van der Waals surface area contributed by atoms with E-state index < -0.39 is 17.8 Å². The Kier molecular flexibility index (Phi) is 6.48. The molecule has 0 heterocycles. The summed E-state index contributed by atoms with van der Waals surface area (Å²) in [4.78, 5) is 1.61. The van der Waals surface area contributed by atoms with E-state index in [1.807, 2.05) is 6.92 Å². The summed E-state index contributed by atoms with van der Waals surface area (Å²) < 4.78 is 39.5. The van der Waals surface area contributed by atoms with Crippen LogP contribution in [0.25, 0.3) is 0 Å². The van der Waals surface area contributed by atoms with Crippen LogP contribution in [0.3, 0.4) is 0 Å². The van der Waals surface area contributed by atoms with Crippen molar-refractivity contribution in [3.8, 4) is 0 Å². The van der Waals surface area contributed by atoms with Gasteiger partial charge in [0.1, 0.15) is 0 Å². The van der Waals surface area contributed by atoms with E-state index >= 15 is 0 Å². The second kappa shape index (κ2) is 7.66. The molecule has 0 bridgehead atoms. The van der Waals surface area contributed by atoms with Crippen molar-refractivity contribution in [1.82, 2.24) is 5.32 Å². The van der Waals surface area contributed by atoms with Crippen LogP contribution in [0.1, 0.15) is 31.4 Å². The summed E-state index contributed by atoms with van der Waals surface area (Å²) >= 11 is 0. The Labute approximate surface area is 123 Å². The van der Waals surface area contributed by atoms with Crippen molar-refractivity contribution in [1.29, 1.82) is 0 Å². The minimum absolute atomic E-state index is 0.198. The lowest BCUT2D eigenvalue weighted by atomic mass is 10.1. The molecular formula is C15H23F3N2O. The summed E-state index contributed by atoms with van der Waals surface area (Å²) in [6, 6.07) is 4.30. The Bertz CT molecular complexity index is 447. The molecule has 0 spiro atoms. The number of rotatable bonds is 7. The monoisotopic (exact) mass is 304 g/mol. The molecule has 21 heavy (non-hydrogen) atoms. The fourth-order valence-electron chi connectivity index (χ4n) is 2.12. The largest absolute Gasteiger partial charge is 0.416 e. The van der Waals surface area contributed by atoms with Crippen LogP contribution in [0.2, 0.25) is 0 Å². The van der Waals surface area contributed by atoms with Crippen molar-refractivity contribution in [3.63, 3.8) is 0 Å². The van der Waals surface area contributed by atoms with Crippen molar-refractivity contribution in [2.45, 2.75) is 39.1 Å². The highest BCUT2D eigenvalue weighted by Gasteiger charge is 2.33. The SMILES string of the molecule is CCCNCc1ccc(N(C)CC(C)O)cc1C(F)(F)F. The Morgan fingerprint density at radius 3 is 2.52 bits per heavy atom. The Morgan fingerprint density at radius 2 is 2.00 bits per heavy atom. The Hall–Kier alpha value is -1.27. The van der Waals surface area contributed by atoms with Gasteiger partial charge in [-0.2, -0.15) is 13.2 Å². The summed E-state index contributed by atoms with van der Waals surface area (Å²) in [6.45, 7) is 4.73. The molecule has 1 aromatic carbocycles. The van der Waals surface area contributed by atoms with Gasteiger partial charge in [0.05, 0.1) is 11.7 Å². The molecule has 0 fully saturated rings. The van der Waals surface area contributed by atoms with E-state index in [0.717, 1.165) is 12.5 Å². The first-order valence-electron chi connectivity index (χ1n) is 7.05. The molecule has 0 aromatic heterocycles. The average molecular weight is 304 g/mol. The molecule has 3 nitrogen and oxygen atoms in total. The summed E-state index contributed by atoms with van der Waals surface area (Å²) in [6.07, 6.45) is -4.11. The minimum atomic E-state index is -4.38. The normalized spacial score (nSPS) is 13.3. The highest BCUT2D eigenvalue weighted by molar-refractivity contribution is 5.51. The first kappa shape index (κ1) is 17.8. The summed E-state index contributed by atoms with van der Waals surface area (Å²) in [5, 5.41) is 12.3. The van der Waals surface area contributed by atoms with Crippen LogP contribution in [-0.4, -0.2) is 31.3 Å². The molecule has 0 aliphatic heterocycles. The summed E-state index contributed by atoms with van der Waals surface area (Å²) in [7, 11) is 1.66. The molecule has 120 valence electrons. The van der Waals surface area contributed by atoms with Crippen LogP contribution in [0.15, 0.2) is 18.2 Å². The van der Waals surface area contributed by atoms with Gasteiger partial charge in [0.15, 0.2) is 0 Å². The number of nitrogens with one attached hydrogen (secondary N) is 1. The summed E-state index contributed by atoms with van der Waals surface area (Å²) in [5.74, 6) is 0. The molecule has 0 aliphatic carbocycles. The second-order valence-corrected chi connectivity index (χ2v) is 5.25. The fraction of sp³-hybridized carbons (Fsp3) is 0.600. The Morgan fingerprint density at radius 1 is 1.33 bits per heavy atom. The highest BCUT2D eigenvalue weighted by atomic mass is 19.4. The van der Waals surface area contributed by atoms with Crippen LogP contribution >= 0.6 is 0 Å². The number of alkyl halides is 3. The maximum atomic E-state index is 13.2. The quantitative estimate of drug-likeness (QED) is 0.760. The van der Waals surface area contributed by atoms with Gasteiger partial charge in [0.2, 0.25) is 0 Å². The van der Waals surface area contributed by atoms with Gasteiger partial charge in [-0.1, -0.05) is 13.0 Å². The first-order chi connectivity index (χ1) is 9.75. The van der Waals surface area contributed by atoms with E-state index in [1.165, 1.54) is 6.07 Å². The molecule has 1 aromatic rings. The van der Waals surface area contributed by atoms with Gasteiger partial charge in [0.25, 0.3) is 0 Å². The molecule has 1 atom stereocenters. The van der Waals surface area contributed by atoms with Crippen molar-refractivity contribution < 1.29 is 18.3 Å². The van der Waals surface area contributed by atoms with Crippen molar-refractivity contribution in [2.24, 2.45) is 0 Å². The molecule has 1 rings (SSSR count). The predicted octanol–water partition coefficient (Wildman–Crippen LogP) is 3.02. The molecule has 0 saturated carbocycles. The molecule has 0 aliphatic rings. The second-order valence-electron chi connectivity index (χ2n) is 5.25. The van der Waals surface area contributed by atoms with Gasteiger partial charge in [-0.15, -0.1) is 0 Å². The third-order valence-electron chi connectivity index (χ3n) is 3.12. The molecule has 0 saturated heterocycles. The lowest BCUT2D eigenvalue weighted by Crippen LogP contribution is -2.27. The topological polar surface area (TPSA) is 35.5 Å². The van der Waals surface area contributed by atoms with Crippen LogP contribution in [0.5, 0.6) is 0 Å². The predicted molar refractivity (Wildman–Crippen MR) is 78.4 cm³/mol. The zero-order valence-electron chi connectivity index (χ0n) is 12.7. The van der Waals surface area contributed by atoms with E-state index in [1.54, 1.807) is 24.9 Å². The number of likely N-dealkylation sites (N-methyl/N-ethyl adjacent to an activating group) is 1. The number of aliphatic hydroxyl groups excluding tert-OH is 1. The third kappa shape index (κ3) is 5.55. The number of aliphatic hydroxyl groups is 1. The number of anilines is 1. The van der Waals surface area contributed by atoms with E-state index in [-0.39, 0.29) is 18.7 Å². The van der Waals surface area contributed by atoms with Crippen molar-refractivity contribution in [3.05, 3.63) is 29.3 Å². The minimum Gasteiger partial charge on any atom is -0.392 e. The maximum Gasteiger partial charge on any atom is 0.416 e. The lowest BCUT2D eigenvalue weighted by Gasteiger charge is -2.23. The zero-order chi connectivity index (χ0) is 16.0. The first-order valence-corrected chi connectivity index (χ1v) is 7.05. The molecule has 2 N–H and O–H groups in total. The summed E-state index contributed by atoms with van der Waals surface area (Å²) in [5.41, 5.74) is 0.0636. The number of halogens is 3. The smallest absolute Gasteiger partial charge is 0.392 e. The maximum absolute atomic E-state index is 13.2. The van der Waals surface area contributed by atoms with Gasteiger partial charge < -0.3 is 15.3 Å². The third-order valence-corrected chi connectivity index (χ3v) is 3.12. The van der Waals surface area contributed by atoms with E-state index in [0.29, 0.717) is 12.2 Å². The zero-order valence-corrected chi connectivity index (χ0v) is 12.7. The van der Waals surface area contributed by atoms with E-state index in [9.17, 15) is 18.3 Å². The van der Waals surface area contributed by atoms with E-state index in [2.05, 4.69) is 5.32 Å². The van der Waals surface area contributed by atoms with Crippen LogP contribution in [0, 0.1) is 0 Å². The molecule has 0 amide bonds. The number of benzene rings is 1. The van der Waals surface area contributed by atoms with Gasteiger partial charge in [-0.3, -0.25) is 0 Å². The van der Waals surface area contributed by atoms with Crippen molar-refractivity contribution >= 4 is 5.69 Å². The number of hydrogen-bond acceptors (Lipinski definition) is 3. The van der Waals surface area contributed by atoms with E-state index in [4.69, 9.17) is 0 Å². The average Bonchev–Trinajstić information content (AvgIpc) is 2.37. The fourth-order valence-corrected chi connectivity index (χ4v) is 2.12. The Balaban J connectivity index is 3.01. The number of nitrogens with zero attached hydrogens (tertiary/aromatic N) is 1. The van der Waals surface area contributed by atoms with Crippen LogP contribution in [-0.2, 0) is 12.7 Å². The molecular weight excluding hydrogens is 281 g/mol. The van der Waals surface area contributed by atoms with Gasteiger partial charge in [-0.25, -0.2) is 0 Å². The van der Waals surface area contributed by atoms with Crippen molar-refractivity contribution in [2.75, 3.05) is 25.0 Å². The van der Waals surface area contributed by atoms with Gasteiger partial charge in [-0.05, 0) is 37.6 Å². The number of hydrogen-bond donors (Lipinski definition) is 2. The molecule has 6 heteroatoms. The molecule has 0 radical (unpaired) electrons.